The second kappa shape index (κ2) is 7.28. The van der Waals surface area contributed by atoms with E-state index in [-0.39, 0.29) is 24.6 Å². The van der Waals surface area contributed by atoms with Crippen molar-refractivity contribution >= 4 is 22.8 Å². The molecule has 1 atom stereocenters. The van der Waals surface area contributed by atoms with E-state index in [1.807, 2.05) is 54.7 Å². The molecule has 0 spiro atoms. The van der Waals surface area contributed by atoms with E-state index >= 15 is 0 Å². The molecule has 2 aliphatic rings. The van der Waals surface area contributed by atoms with Crippen molar-refractivity contribution in [2.45, 2.75) is 44.4 Å². The predicted molar refractivity (Wildman–Crippen MR) is 110 cm³/mol. The number of imide groups is 1. The topological polar surface area (TPSA) is 74.4 Å². The first-order chi connectivity index (χ1) is 14.2. The van der Waals surface area contributed by atoms with Gasteiger partial charge in [0, 0.05) is 29.1 Å². The van der Waals surface area contributed by atoms with Crippen LogP contribution in [0.25, 0.3) is 10.9 Å². The van der Waals surface area contributed by atoms with Crippen LogP contribution in [0.4, 0.5) is 4.79 Å². The summed E-state index contributed by atoms with van der Waals surface area (Å²) in [4.78, 5) is 30.0. The summed E-state index contributed by atoms with van der Waals surface area (Å²) in [6.45, 7) is 0.220. The molecule has 1 aliphatic carbocycles. The molecule has 2 heterocycles. The van der Waals surface area contributed by atoms with Gasteiger partial charge >= 0.3 is 6.03 Å². The maximum atomic E-state index is 13.0. The molecular formula is C23H23N3O3. The second-order valence-corrected chi connectivity index (χ2v) is 7.77. The molecule has 1 saturated heterocycles. The van der Waals surface area contributed by atoms with Crippen LogP contribution in [0.2, 0.25) is 0 Å². The molecule has 2 aromatic carbocycles. The number of aromatic amines is 1. The van der Waals surface area contributed by atoms with Crippen LogP contribution in [0.15, 0.2) is 54.7 Å². The highest BCUT2D eigenvalue weighted by Gasteiger charge is 2.38. The number of carbonyl (C=O) groups is 2. The van der Waals surface area contributed by atoms with Crippen molar-refractivity contribution in [2.24, 2.45) is 0 Å². The molecule has 1 aliphatic heterocycles. The fraction of sp³-hybridized carbons (Fsp3) is 0.304. The molecule has 1 saturated carbocycles. The van der Waals surface area contributed by atoms with Crippen molar-refractivity contribution in [3.63, 3.8) is 0 Å². The Kier molecular flexibility index (Phi) is 4.46. The van der Waals surface area contributed by atoms with E-state index in [0.29, 0.717) is 6.42 Å². The van der Waals surface area contributed by atoms with E-state index in [9.17, 15) is 9.59 Å². The van der Waals surface area contributed by atoms with Gasteiger partial charge in [-0.15, -0.1) is 0 Å². The van der Waals surface area contributed by atoms with Crippen LogP contribution < -0.4 is 10.1 Å². The van der Waals surface area contributed by atoms with Gasteiger partial charge in [-0.25, -0.2) is 4.79 Å². The number of hydrogen-bond acceptors (Lipinski definition) is 3. The Morgan fingerprint density at radius 1 is 1.00 bits per heavy atom. The molecule has 0 unspecified atom stereocenters. The van der Waals surface area contributed by atoms with Gasteiger partial charge in [-0.05, 0) is 37.0 Å². The number of ether oxygens (including phenoxy) is 1. The summed E-state index contributed by atoms with van der Waals surface area (Å²) in [6, 6.07) is 14.7. The molecule has 3 amide bonds. The first-order valence-corrected chi connectivity index (χ1v) is 10.1. The summed E-state index contributed by atoms with van der Waals surface area (Å²) in [7, 11) is 0. The highest BCUT2D eigenvalue weighted by atomic mass is 16.5. The predicted octanol–water partition coefficient (Wildman–Crippen LogP) is 3.76. The zero-order valence-electron chi connectivity index (χ0n) is 16.1. The highest BCUT2D eigenvalue weighted by Crippen LogP contribution is 2.29. The number of urea groups is 1. The van der Waals surface area contributed by atoms with Gasteiger partial charge in [0.1, 0.15) is 11.8 Å². The third-order valence-corrected chi connectivity index (χ3v) is 5.85. The molecule has 6 heteroatoms. The van der Waals surface area contributed by atoms with Gasteiger partial charge in [0.2, 0.25) is 0 Å². The van der Waals surface area contributed by atoms with Crippen LogP contribution in [-0.4, -0.2) is 34.0 Å². The molecule has 3 aromatic rings. The summed E-state index contributed by atoms with van der Waals surface area (Å²) in [5, 5.41) is 3.92. The largest absolute Gasteiger partial charge is 0.490 e. The standard InChI is InChI=1S/C23H23N3O3/c27-22-20(12-16-13-24-19-10-3-2-9-18(16)19)25-23(28)26(22)14-15-6-1-4-11-21(15)29-17-7-5-8-17/h1-4,6,9-11,13,17,20,24H,5,7-8,12,14H2,(H,25,28)/t20-/m0/s1. The number of H-pyrrole nitrogens is 1. The maximum absolute atomic E-state index is 13.0. The van der Waals surface area contributed by atoms with Gasteiger partial charge in [-0.2, -0.15) is 0 Å². The lowest BCUT2D eigenvalue weighted by Crippen LogP contribution is -2.32. The van der Waals surface area contributed by atoms with Crippen molar-refractivity contribution in [3.05, 3.63) is 65.9 Å². The highest BCUT2D eigenvalue weighted by molar-refractivity contribution is 6.04. The summed E-state index contributed by atoms with van der Waals surface area (Å²) in [5.74, 6) is 0.566. The second-order valence-electron chi connectivity index (χ2n) is 7.77. The van der Waals surface area contributed by atoms with Gasteiger partial charge in [-0.3, -0.25) is 9.69 Å². The number of nitrogens with one attached hydrogen (secondary N) is 2. The van der Waals surface area contributed by atoms with Gasteiger partial charge in [0.15, 0.2) is 0 Å². The van der Waals surface area contributed by atoms with Gasteiger partial charge in [0.25, 0.3) is 5.91 Å². The molecule has 0 bridgehead atoms. The number of nitrogens with zero attached hydrogens (tertiary/aromatic N) is 1. The number of amides is 3. The average Bonchev–Trinajstić information content (AvgIpc) is 3.22. The molecule has 0 radical (unpaired) electrons. The Hall–Kier alpha value is -3.28. The Labute approximate surface area is 168 Å². The quantitative estimate of drug-likeness (QED) is 0.631. The lowest BCUT2D eigenvalue weighted by molar-refractivity contribution is -0.127. The molecule has 6 nitrogen and oxygen atoms in total. The Balaban J connectivity index is 1.32. The summed E-state index contributed by atoms with van der Waals surface area (Å²) >= 11 is 0. The van der Waals surface area contributed by atoms with Crippen LogP contribution in [0, 0.1) is 0 Å². The minimum absolute atomic E-state index is 0.196. The van der Waals surface area contributed by atoms with Crippen molar-refractivity contribution < 1.29 is 14.3 Å². The van der Waals surface area contributed by atoms with E-state index in [2.05, 4.69) is 10.3 Å². The zero-order valence-corrected chi connectivity index (χ0v) is 16.1. The molecule has 148 valence electrons. The fourth-order valence-electron chi connectivity index (χ4n) is 3.97. The summed E-state index contributed by atoms with van der Waals surface area (Å²) in [6.07, 6.45) is 5.93. The fourth-order valence-corrected chi connectivity index (χ4v) is 3.97. The minimum Gasteiger partial charge on any atom is -0.490 e. The number of rotatable bonds is 6. The van der Waals surface area contributed by atoms with E-state index in [4.69, 9.17) is 4.74 Å². The molecule has 2 fully saturated rings. The monoisotopic (exact) mass is 389 g/mol. The Morgan fingerprint density at radius 2 is 1.79 bits per heavy atom. The number of aromatic nitrogens is 1. The van der Waals surface area contributed by atoms with Gasteiger partial charge in [0.05, 0.1) is 12.6 Å². The first-order valence-electron chi connectivity index (χ1n) is 10.1. The summed E-state index contributed by atoms with van der Waals surface area (Å²) < 4.78 is 6.05. The molecule has 1 aromatic heterocycles. The van der Waals surface area contributed by atoms with Crippen LogP contribution >= 0.6 is 0 Å². The number of para-hydroxylation sites is 2. The van der Waals surface area contributed by atoms with Crippen LogP contribution in [0.3, 0.4) is 0 Å². The van der Waals surface area contributed by atoms with E-state index in [0.717, 1.165) is 40.6 Å². The first kappa shape index (κ1) is 17.8. The van der Waals surface area contributed by atoms with Crippen molar-refractivity contribution in [3.8, 4) is 5.75 Å². The average molecular weight is 389 g/mol. The van der Waals surface area contributed by atoms with E-state index in [1.165, 1.54) is 11.3 Å². The molecule has 29 heavy (non-hydrogen) atoms. The normalized spacial score (nSPS) is 19.4. The van der Waals surface area contributed by atoms with E-state index in [1.54, 1.807) is 0 Å². The van der Waals surface area contributed by atoms with Crippen molar-refractivity contribution in [2.75, 3.05) is 0 Å². The van der Waals surface area contributed by atoms with Crippen molar-refractivity contribution in [1.82, 2.24) is 15.2 Å². The maximum Gasteiger partial charge on any atom is 0.325 e. The number of hydrogen-bond donors (Lipinski definition) is 2. The SMILES string of the molecule is O=C1N[C@@H](Cc2c[nH]c3ccccc23)C(=O)N1Cc1ccccc1OC1CCC1. The van der Waals surface area contributed by atoms with E-state index < -0.39 is 6.04 Å². The van der Waals surface area contributed by atoms with Crippen molar-refractivity contribution in [1.29, 1.82) is 0 Å². The Bertz CT molecular complexity index is 1070. The van der Waals surface area contributed by atoms with Gasteiger partial charge < -0.3 is 15.0 Å². The minimum atomic E-state index is -0.554. The number of fused-ring (bicyclic) bond motifs is 1. The number of carbonyl (C=O) groups excluding carboxylic acids is 2. The zero-order chi connectivity index (χ0) is 19.8. The Morgan fingerprint density at radius 3 is 2.62 bits per heavy atom. The van der Waals surface area contributed by atoms with Gasteiger partial charge in [-0.1, -0.05) is 36.4 Å². The molecular weight excluding hydrogens is 366 g/mol. The smallest absolute Gasteiger partial charge is 0.325 e. The summed E-state index contributed by atoms with van der Waals surface area (Å²) in [5.41, 5.74) is 2.91. The molecule has 2 N–H and O–H groups in total. The third-order valence-electron chi connectivity index (χ3n) is 5.85. The lowest BCUT2D eigenvalue weighted by atomic mass is 9.96. The third kappa shape index (κ3) is 3.35. The number of benzene rings is 2. The van der Waals surface area contributed by atoms with Crippen LogP contribution in [0.1, 0.15) is 30.4 Å². The van der Waals surface area contributed by atoms with Crippen LogP contribution in [-0.2, 0) is 17.8 Å². The molecule has 5 rings (SSSR count). The lowest BCUT2D eigenvalue weighted by Gasteiger charge is -2.28. The van der Waals surface area contributed by atoms with Crippen LogP contribution in [0.5, 0.6) is 5.75 Å².